The quantitative estimate of drug-likeness (QED) is 0.743. The van der Waals surface area contributed by atoms with Crippen molar-refractivity contribution in [3.05, 3.63) is 47.1 Å². The lowest BCUT2D eigenvalue weighted by atomic mass is 10.1. The molecule has 0 saturated carbocycles. The van der Waals surface area contributed by atoms with Crippen molar-refractivity contribution in [1.29, 1.82) is 0 Å². The maximum absolute atomic E-state index is 11.8. The molecule has 22 heavy (non-hydrogen) atoms. The molecule has 1 aromatic carbocycles. The van der Waals surface area contributed by atoms with Crippen LogP contribution in [0.5, 0.6) is 0 Å². The Bertz CT molecular complexity index is 829. The highest BCUT2D eigenvalue weighted by Crippen LogP contribution is 2.31. The van der Waals surface area contributed by atoms with Gasteiger partial charge in [-0.3, -0.25) is 0 Å². The molecule has 3 rings (SSSR count). The van der Waals surface area contributed by atoms with Crippen molar-refractivity contribution in [2.24, 2.45) is 0 Å². The molecule has 0 bridgehead atoms. The molecule has 1 N–H and O–H groups in total. The summed E-state index contributed by atoms with van der Waals surface area (Å²) in [7, 11) is 1.37. The Kier molecular flexibility index (Phi) is 4.02. The fraction of sp³-hybridized carbons (Fsp3) is 0.188. The number of anilines is 2. The molecule has 3 aromatic rings. The molecule has 6 heteroatoms. The van der Waals surface area contributed by atoms with Crippen molar-refractivity contribution >= 4 is 39.0 Å². The van der Waals surface area contributed by atoms with Crippen LogP contribution in [0.1, 0.15) is 22.2 Å². The van der Waals surface area contributed by atoms with E-state index in [1.807, 2.05) is 12.1 Å². The third kappa shape index (κ3) is 2.65. The first-order valence-corrected chi connectivity index (χ1v) is 7.72. The van der Waals surface area contributed by atoms with Gasteiger partial charge in [0.15, 0.2) is 0 Å². The summed E-state index contributed by atoms with van der Waals surface area (Å²) in [5, 5.41) is 4.18. The molecule has 0 aliphatic carbocycles. The molecule has 0 saturated heterocycles. The second kappa shape index (κ2) is 6.11. The Balaban J connectivity index is 2.04. The second-order valence-corrected chi connectivity index (χ2v) is 5.78. The molecule has 0 atom stereocenters. The Hall–Kier alpha value is -2.47. The Morgan fingerprint density at radius 3 is 2.91 bits per heavy atom. The fourth-order valence-electron chi connectivity index (χ4n) is 2.19. The minimum atomic E-state index is -0.382. The summed E-state index contributed by atoms with van der Waals surface area (Å²) >= 11 is 1.65. The number of methoxy groups -OCH3 is 1. The van der Waals surface area contributed by atoms with Gasteiger partial charge < -0.3 is 10.1 Å². The number of benzene rings is 1. The number of nitrogens with zero attached hydrogens (tertiary/aromatic N) is 2. The number of carbonyl (C=O) groups is 1. The molecule has 0 radical (unpaired) electrons. The number of para-hydroxylation sites is 1. The highest BCUT2D eigenvalue weighted by atomic mass is 32.1. The van der Waals surface area contributed by atoms with Gasteiger partial charge in [0.25, 0.3) is 0 Å². The van der Waals surface area contributed by atoms with E-state index in [2.05, 4.69) is 28.3 Å². The molecular weight excluding hydrogens is 298 g/mol. The fourth-order valence-corrected chi connectivity index (χ4v) is 3.12. The second-order valence-electron chi connectivity index (χ2n) is 4.67. The Morgan fingerprint density at radius 1 is 1.32 bits per heavy atom. The zero-order chi connectivity index (χ0) is 15.5. The first-order chi connectivity index (χ1) is 10.7. The van der Waals surface area contributed by atoms with Gasteiger partial charge in [0, 0.05) is 4.88 Å². The van der Waals surface area contributed by atoms with Crippen LogP contribution in [-0.4, -0.2) is 23.0 Å². The summed E-state index contributed by atoms with van der Waals surface area (Å²) < 4.78 is 4.81. The van der Waals surface area contributed by atoms with E-state index >= 15 is 0 Å². The third-order valence-corrected chi connectivity index (χ3v) is 4.50. The molecule has 0 fully saturated rings. The van der Waals surface area contributed by atoms with E-state index < -0.39 is 0 Å². The third-order valence-electron chi connectivity index (χ3n) is 3.31. The summed E-state index contributed by atoms with van der Waals surface area (Å²) in [5.41, 5.74) is 1.14. The number of carbonyl (C=O) groups excluding carboxylic acids is 1. The van der Waals surface area contributed by atoms with E-state index in [0.29, 0.717) is 17.1 Å². The Morgan fingerprint density at radius 2 is 2.14 bits per heavy atom. The topological polar surface area (TPSA) is 64.1 Å². The number of thiophene rings is 1. The number of hydrogen-bond acceptors (Lipinski definition) is 6. The molecule has 0 aliphatic heterocycles. The number of fused-ring (bicyclic) bond motifs is 1. The molecule has 0 spiro atoms. The zero-order valence-electron chi connectivity index (χ0n) is 12.3. The van der Waals surface area contributed by atoms with Gasteiger partial charge in [-0.05, 0) is 24.6 Å². The lowest BCUT2D eigenvalue weighted by Gasteiger charge is -2.10. The summed E-state index contributed by atoms with van der Waals surface area (Å²) in [5.74, 6) is 0.310. The van der Waals surface area contributed by atoms with Gasteiger partial charge in [-0.15, -0.1) is 11.3 Å². The van der Waals surface area contributed by atoms with Crippen LogP contribution < -0.4 is 5.32 Å². The zero-order valence-corrected chi connectivity index (χ0v) is 13.1. The number of nitrogens with one attached hydrogen (secondary N) is 1. The van der Waals surface area contributed by atoms with Gasteiger partial charge in [0.1, 0.15) is 17.0 Å². The Labute approximate surface area is 132 Å². The lowest BCUT2D eigenvalue weighted by molar-refractivity contribution is 0.0602. The molecule has 2 aromatic heterocycles. The first-order valence-electron chi connectivity index (χ1n) is 6.90. The molecular formula is C16H15N3O2S. The molecule has 0 amide bonds. The van der Waals surface area contributed by atoms with E-state index in [1.165, 1.54) is 18.3 Å². The number of aromatic nitrogens is 2. The average Bonchev–Trinajstić information content (AvgIpc) is 2.99. The molecule has 2 heterocycles. The predicted octanol–water partition coefficient (Wildman–Crippen LogP) is 3.78. The number of rotatable bonds is 4. The van der Waals surface area contributed by atoms with E-state index in [1.54, 1.807) is 23.5 Å². The number of ether oxygens (including phenoxy) is 1. The van der Waals surface area contributed by atoms with E-state index in [9.17, 15) is 4.79 Å². The van der Waals surface area contributed by atoms with Crippen LogP contribution in [-0.2, 0) is 11.2 Å². The highest BCUT2D eigenvalue weighted by Gasteiger charge is 2.14. The summed E-state index contributed by atoms with van der Waals surface area (Å²) in [4.78, 5) is 22.6. The average molecular weight is 313 g/mol. The van der Waals surface area contributed by atoms with Gasteiger partial charge in [-0.1, -0.05) is 19.1 Å². The number of aryl methyl sites for hydroxylation is 1. The van der Waals surface area contributed by atoms with Gasteiger partial charge in [0.2, 0.25) is 0 Å². The van der Waals surface area contributed by atoms with Crippen LogP contribution in [0, 0.1) is 0 Å². The predicted molar refractivity (Wildman–Crippen MR) is 87.9 cm³/mol. The van der Waals surface area contributed by atoms with Crippen molar-refractivity contribution in [3.63, 3.8) is 0 Å². The van der Waals surface area contributed by atoms with Crippen LogP contribution in [0.2, 0.25) is 0 Å². The summed E-state index contributed by atoms with van der Waals surface area (Å²) in [6.45, 7) is 2.11. The maximum atomic E-state index is 11.8. The van der Waals surface area contributed by atoms with Crippen LogP contribution in [0.4, 0.5) is 11.5 Å². The molecule has 0 unspecified atom stereocenters. The molecule has 112 valence electrons. The van der Waals surface area contributed by atoms with E-state index in [4.69, 9.17) is 4.74 Å². The minimum absolute atomic E-state index is 0.382. The van der Waals surface area contributed by atoms with Crippen LogP contribution in [0.25, 0.3) is 10.2 Å². The van der Waals surface area contributed by atoms with Gasteiger partial charge in [-0.2, -0.15) is 0 Å². The van der Waals surface area contributed by atoms with Gasteiger partial charge in [-0.25, -0.2) is 14.8 Å². The van der Waals surface area contributed by atoms with Crippen molar-refractivity contribution in [3.8, 4) is 0 Å². The lowest BCUT2D eigenvalue weighted by Crippen LogP contribution is -2.06. The highest BCUT2D eigenvalue weighted by molar-refractivity contribution is 7.18. The van der Waals surface area contributed by atoms with Crippen molar-refractivity contribution < 1.29 is 9.53 Å². The van der Waals surface area contributed by atoms with Gasteiger partial charge in [0.05, 0.1) is 23.7 Å². The van der Waals surface area contributed by atoms with E-state index in [-0.39, 0.29) is 5.97 Å². The normalized spacial score (nSPS) is 10.6. The number of esters is 1. The summed E-state index contributed by atoms with van der Waals surface area (Å²) in [6, 6.07) is 9.29. The largest absolute Gasteiger partial charge is 0.465 e. The first kappa shape index (κ1) is 14.5. The molecule has 5 nitrogen and oxygen atoms in total. The van der Waals surface area contributed by atoms with Crippen molar-refractivity contribution in [2.45, 2.75) is 13.3 Å². The van der Waals surface area contributed by atoms with Crippen LogP contribution in [0.3, 0.4) is 0 Å². The smallest absolute Gasteiger partial charge is 0.339 e. The number of hydrogen-bond donors (Lipinski definition) is 1. The molecule has 0 aliphatic rings. The minimum Gasteiger partial charge on any atom is -0.465 e. The van der Waals surface area contributed by atoms with Crippen LogP contribution >= 0.6 is 11.3 Å². The monoisotopic (exact) mass is 313 g/mol. The van der Waals surface area contributed by atoms with Crippen LogP contribution in [0.15, 0.2) is 36.7 Å². The summed E-state index contributed by atoms with van der Waals surface area (Å²) in [6.07, 6.45) is 2.49. The maximum Gasteiger partial charge on any atom is 0.339 e. The van der Waals surface area contributed by atoms with Gasteiger partial charge >= 0.3 is 5.97 Å². The van der Waals surface area contributed by atoms with Crippen molar-refractivity contribution in [1.82, 2.24) is 9.97 Å². The van der Waals surface area contributed by atoms with Crippen molar-refractivity contribution in [2.75, 3.05) is 12.4 Å². The van der Waals surface area contributed by atoms with E-state index in [0.717, 1.165) is 16.6 Å². The SMILES string of the molecule is CCc1cc2c(Nc3ccccc3C(=O)OC)ncnc2s1. The standard InChI is InChI=1S/C16H15N3O2S/c1-3-10-8-12-14(17-9-18-15(12)22-10)19-13-7-5-4-6-11(13)16(20)21-2/h4-9H,3H2,1-2H3,(H,17,18,19).